The van der Waals surface area contributed by atoms with Crippen LogP contribution in [0.2, 0.25) is 0 Å². The van der Waals surface area contributed by atoms with Crippen molar-refractivity contribution in [3.05, 3.63) is 0 Å². The number of nitrogens with two attached hydrogens (primary N) is 4. The van der Waals surface area contributed by atoms with E-state index in [0.717, 1.165) is 5.71 Å². The highest BCUT2D eigenvalue weighted by molar-refractivity contribution is 6.28. The molecule has 0 saturated carbocycles. The van der Waals surface area contributed by atoms with Gasteiger partial charge in [-0.3, -0.25) is 0 Å². The predicted octanol–water partition coefficient (Wildman–Crippen LogP) is -0.885. The molecule has 0 aromatic heterocycles. The first-order valence-corrected chi connectivity index (χ1v) is 3.20. The molecule has 0 aromatic carbocycles. The summed E-state index contributed by atoms with van der Waals surface area (Å²) < 4.78 is 0. The third-order valence-electron chi connectivity index (χ3n) is 0.563. The van der Waals surface area contributed by atoms with E-state index in [4.69, 9.17) is 28.9 Å². The first-order valence-electron chi connectivity index (χ1n) is 2.66. The zero-order valence-electron chi connectivity index (χ0n) is 6.70. The number of guanidine groups is 1. The van der Waals surface area contributed by atoms with Gasteiger partial charge in [0, 0.05) is 5.71 Å². The van der Waals surface area contributed by atoms with E-state index in [1.807, 2.05) is 0 Å². The summed E-state index contributed by atoms with van der Waals surface area (Å²) in [6, 6.07) is 0. The summed E-state index contributed by atoms with van der Waals surface area (Å²) in [5.74, 6) is 9.63. The van der Waals surface area contributed by atoms with Gasteiger partial charge in [-0.05, 0) is 6.92 Å². The molecule has 74 valence electrons. The molecule has 0 amide bonds. The van der Waals surface area contributed by atoms with E-state index in [9.17, 15) is 0 Å². The molecule has 8 heteroatoms. The van der Waals surface area contributed by atoms with Crippen molar-refractivity contribution in [1.29, 1.82) is 0 Å². The van der Waals surface area contributed by atoms with Gasteiger partial charge in [0.1, 0.15) is 0 Å². The highest BCUT2D eigenvalue weighted by atomic mass is 35.5. The van der Waals surface area contributed by atoms with Crippen molar-refractivity contribution in [1.82, 2.24) is 0 Å². The number of halogens is 2. The summed E-state index contributed by atoms with van der Waals surface area (Å²) in [6.45, 7) is 1.77. The van der Waals surface area contributed by atoms with E-state index in [0.29, 0.717) is 5.88 Å². The van der Waals surface area contributed by atoms with Crippen molar-refractivity contribution in [2.75, 3.05) is 5.88 Å². The van der Waals surface area contributed by atoms with Crippen LogP contribution in [0, 0.1) is 0 Å². The van der Waals surface area contributed by atoms with E-state index in [2.05, 4.69) is 16.0 Å². The first-order chi connectivity index (χ1) is 5.08. The average molecular weight is 217 g/mol. The van der Waals surface area contributed by atoms with Gasteiger partial charge in [-0.2, -0.15) is 5.10 Å². The van der Waals surface area contributed by atoms with E-state index in [-0.39, 0.29) is 18.4 Å². The van der Waals surface area contributed by atoms with Crippen molar-refractivity contribution < 1.29 is 0 Å². The van der Waals surface area contributed by atoms with Gasteiger partial charge in [0.05, 0.1) is 5.88 Å². The van der Waals surface area contributed by atoms with Gasteiger partial charge in [0.2, 0.25) is 5.96 Å². The Bertz CT molecular complexity index is 140. The molecule has 0 rings (SSSR count). The van der Waals surface area contributed by atoms with Crippen LogP contribution in [0.1, 0.15) is 6.92 Å². The summed E-state index contributed by atoms with van der Waals surface area (Å²) in [4.78, 5) is 0. The molecule has 0 bridgehead atoms. The maximum atomic E-state index is 5.24. The first kappa shape index (κ1) is 17.3. The summed E-state index contributed by atoms with van der Waals surface area (Å²) >= 11 is 5.24. The maximum Gasteiger partial charge on any atom is 0.208 e. The fourth-order valence-electron chi connectivity index (χ4n) is 0.0345. The molecule has 0 aliphatic heterocycles. The minimum Gasteiger partial charge on any atom is -0.369 e. The van der Waals surface area contributed by atoms with Crippen LogP contribution in [0.15, 0.2) is 10.2 Å². The zero-order chi connectivity index (χ0) is 9.28. The highest BCUT2D eigenvalue weighted by Crippen LogP contribution is 1.75. The second-order valence-electron chi connectivity index (χ2n) is 1.55. The Morgan fingerprint density at radius 2 is 1.58 bits per heavy atom. The van der Waals surface area contributed by atoms with Gasteiger partial charge >= 0.3 is 0 Å². The Balaban J connectivity index is -0.000000126. The van der Waals surface area contributed by atoms with Crippen LogP contribution in [0.3, 0.4) is 0 Å². The van der Waals surface area contributed by atoms with E-state index < -0.39 is 0 Å². The Morgan fingerprint density at radius 3 is 1.58 bits per heavy atom. The van der Waals surface area contributed by atoms with Crippen molar-refractivity contribution in [2.45, 2.75) is 6.92 Å². The zero-order valence-corrected chi connectivity index (χ0v) is 8.27. The lowest BCUT2D eigenvalue weighted by Crippen LogP contribution is -2.23. The van der Waals surface area contributed by atoms with Gasteiger partial charge in [-0.25, -0.2) is 0 Å². The van der Waals surface area contributed by atoms with Crippen molar-refractivity contribution >= 4 is 35.7 Å². The molecular formula is C4H14Cl2N6. The van der Waals surface area contributed by atoms with E-state index >= 15 is 0 Å². The number of hydrogen-bond acceptors (Lipinski definition) is 4. The molecule has 0 fully saturated rings. The predicted molar refractivity (Wildman–Crippen MR) is 55.3 cm³/mol. The topological polar surface area (TPSA) is 129 Å². The van der Waals surface area contributed by atoms with Crippen LogP contribution < -0.4 is 23.2 Å². The summed E-state index contributed by atoms with van der Waals surface area (Å²) in [5.41, 5.74) is 10.1. The van der Waals surface area contributed by atoms with Crippen molar-refractivity contribution in [2.24, 2.45) is 33.4 Å². The van der Waals surface area contributed by atoms with Crippen LogP contribution in [-0.4, -0.2) is 17.6 Å². The largest absolute Gasteiger partial charge is 0.369 e. The third kappa shape index (κ3) is 22.9. The standard InChI is InChI=1S/C3H7ClN2.CH6N4.ClH/c1-3(2-4)6-5;2-1(3)5-4;/h2,5H2,1H3;4H2,(H4,2,3,5);1H. The van der Waals surface area contributed by atoms with Gasteiger partial charge in [0.25, 0.3) is 0 Å². The molecule has 0 unspecified atom stereocenters. The number of nitrogens with zero attached hydrogens (tertiary/aromatic N) is 2. The highest BCUT2D eigenvalue weighted by Gasteiger charge is 1.78. The molecule has 0 aliphatic rings. The summed E-state index contributed by atoms with van der Waals surface area (Å²) in [7, 11) is 0. The molecule has 0 heterocycles. The third-order valence-corrected chi connectivity index (χ3v) is 0.950. The van der Waals surface area contributed by atoms with Gasteiger partial charge in [-0.15, -0.1) is 29.1 Å². The normalized spacial score (nSPS) is 8.67. The van der Waals surface area contributed by atoms with Gasteiger partial charge < -0.3 is 23.2 Å². The van der Waals surface area contributed by atoms with Gasteiger partial charge in [0.15, 0.2) is 0 Å². The fraction of sp³-hybridized carbons (Fsp3) is 0.500. The molecule has 8 N–H and O–H groups in total. The lowest BCUT2D eigenvalue weighted by atomic mass is 10.5. The second-order valence-corrected chi connectivity index (χ2v) is 1.82. The monoisotopic (exact) mass is 216 g/mol. The van der Waals surface area contributed by atoms with Crippen LogP contribution in [0.25, 0.3) is 0 Å². The molecule has 0 aromatic rings. The maximum absolute atomic E-state index is 5.24. The SMILES string of the molecule is CC(CCl)=NN.Cl.NN=C(N)N. The summed E-state index contributed by atoms with van der Waals surface area (Å²) in [6.07, 6.45) is 0. The Hall–Kier alpha value is -0.880. The summed E-state index contributed by atoms with van der Waals surface area (Å²) in [5, 5.41) is 6.15. The van der Waals surface area contributed by atoms with Crippen LogP contribution in [0.4, 0.5) is 0 Å². The molecule has 0 atom stereocenters. The minimum atomic E-state index is -0.0926. The smallest absolute Gasteiger partial charge is 0.208 e. The second kappa shape index (κ2) is 12.8. The van der Waals surface area contributed by atoms with Crippen LogP contribution >= 0.6 is 24.0 Å². The van der Waals surface area contributed by atoms with E-state index in [1.165, 1.54) is 0 Å². The van der Waals surface area contributed by atoms with Crippen LogP contribution in [-0.2, 0) is 0 Å². The molecular weight excluding hydrogens is 203 g/mol. The minimum absolute atomic E-state index is 0. The number of hydrazone groups is 2. The van der Waals surface area contributed by atoms with Crippen molar-refractivity contribution in [3.63, 3.8) is 0 Å². The van der Waals surface area contributed by atoms with Crippen LogP contribution in [0.5, 0.6) is 0 Å². The Kier molecular flexibility index (Phi) is 18.4. The quantitative estimate of drug-likeness (QED) is 0.149. The molecule has 0 radical (unpaired) electrons. The van der Waals surface area contributed by atoms with Crippen molar-refractivity contribution in [3.8, 4) is 0 Å². The Labute approximate surface area is 82.4 Å². The van der Waals surface area contributed by atoms with E-state index in [1.54, 1.807) is 6.92 Å². The lowest BCUT2D eigenvalue weighted by Gasteiger charge is -1.81. The average Bonchev–Trinajstić information content (AvgIpc) is 2.04. The molecule has 0 spiro atoms. The number of hydrogen-bond donors (Lipinski definition) is 4. The molecule has 0 aliphatic carbocycles. The molecule has 0 saturated heterocycles. The lowest BCUT2D eigenvalue weighted by molar-refractivity contribution is 1.21. The number of rotatable bonds is 1. The Morgan fingerprint density at radius 1 is 1.25 bits per heavy atom. The fourth-order valence-corrected chi connectivity index (χ4v) is 0.104. The van der Waals surface area contributed by atoms with Gasteiger partial charge in [-0.1, -0.05) is 0 Å². The molecule has 12 heavy (non-hydrogen) atoms. The molecule has 6 nitrogen and oxygen atoms in total. The number of alkyl halides is 1.